The maximum Gasteiger partial charge on any atom is 0.160 e. The summed E-state index contributed by atoms with van der Waals surface area (Å²) in [5, 5.41) is 14.2. The van der Waals surface area contributed by atoms with E-state index < -0.39 is 0 Å². The maximum atomic E-state index is 9.92. The van der Waals surface area contributed by atoms with Crippen molar-refractivity contribution in [2.75, 3.05) is 40.0 Å². The molecule has 3 rings (SSSR count). The van der Waals surface area contributed by atoms with Crippen molar-refractivity contribution in [2.45, 2.75) is 12.6 Å². The molecule has 1 saturated heterocycles. The Morgan fingerprint density at radius 2 is 2.04 bits per heavy atom. The van der Waals surface area contributed by atoms with Crippen LogP contribution < -0.4 is 10.1 Å². The van der Waals surface area contributed by atoms with Crippen LogP contribution in [0.3, 0.4) is 0 Å². The molecule has 0 saturated carbocycles. The molecule has 0 aromatic heterocycles. The van der Waals surface area contributed by atoms with Gasteiger partial charge in [0.25, 0.3) is 0 Å². The lowest BCUT2D eigenvalue weighted by Gasteiger charge is -2.35. The zero-order valence-electron chi connectivity index (χ0n) is 15.0. The number of hydrogen-bond acceptors (Lipinski definition) is 5. The molecule has 5 nitrogen and oxygen atoms in total. The van der Waals surface area contributed by atoms with E-state index in [2.05, 4.69) is 16.3 Å². The van der Waals surface area contributed by atoms with Gasteiger partial charge in [-0.1, -0.05) is 29.8 Å². The van der Waals surface area contributed by atoms with Crippen LogP contribution in [0.2, 0.25) is 5.02 Å². The van der Waals surface area contributed by atoms with Crippen LogP contribution >= 0.6 is 11.6 Å². The van der Waals surface area contributed by atoms with Crippen LogP contribution in [0.5, 0.6) is 11.5 Å². The highest BCUT2D eigenvalue weighted by atomic mass is 35.5. The Bertz CT molecular complexity index is 720. The lowest BCUT2D eigenvalue weighted by Crippen LogP contribution is -2.42. The SMILES string of the molecule is COc1ccc(CNCC(c2cccc(Cl)c2)N2CCOCC2)cc1O. The number of benzene rings is 2. The number of methoxy groups -OCH3 is 1. The van der Waals surface area contributed by atoms with Gasteiger partial charge >= 0.3 is 0 Å². The molecule has 1 atom stereocenters. The zero-order valence-corrected chi connectivity index (χ0v) is 15.7. The second kappa shape index (κ2) is 9.24. The number of rotatable bonds is 7. The number of ether oxygens (including phenoxy) is 2. The zero-order chi connectivity index (χ0) is 18.4. The fraction of sp³-hybridized carbons (Fsp3) is 0.400. The van der Waals surface area contributed by atoms with Crippen LogP contribution in [0.25, 0.3) is 0 Å². The van der Waals surface area contributed by atoms with Gasteiger partial charge in [-0.3, -0.25) is 4.90 Å². The topological polar surface area (TPSA) is 54.0 Å². The van der Waals surface area contributed by atoms with E-state index >= 15 is 0 Å². The lowest BCUT2D eigenvalue weighted by molar-refractivity contribution is 0.0161. The summed E-state index contributed by atoms with van der Waals surface area (Å²) in [6.07, 6.45) is 0. The van der Waals surface area contributed by atoms with Crippen molar-refractivity contribution < 1.29 is 14.6 Å². The molecule has 6 heteroatoms. The molecular weight excluding hydrogens is 352 g/mol. The Labute approximate surface area is 159 Å². The molecule has 140 valence electrons. The van der Waals surface area contributed by atoms with Crippen molar-refractivity contribution in [3.63, 3.8) is 0 Å². The quantitative estimate of drug-likeness (QED) is 0.777. The first-order chi connectivity index (χ1) is 12.7. The minimum absolute atomic E-state index is 0.159. The molecule has 1 aliphatic rings. The van der Waals surface area contributed by atoms with Gasteiger partial charge in [-0.15, -0.1) is 0 Å². The Morgan fingerprint density at radius 1 is 1.23 bits per heavy atom. The highest BCUT2D eigenvalue weighted by Gasteiger charge is 2.22. The summed E-state index contributed by atoms with van der Waals surface area (Å²) in [6, 6.07) is 13.7. The van der Waals surface area contributed by atoms with Crippen LogP contribution in [-0.4, -0.2) is 50.0 Å². The van der Waals surface area contributed by atoms with Crippen molar-refractivity contribution in [3.8, 4) is 11.5 Å². The number of aromatic hydroxyl groups is 1. The molecule has 0 aliphatic carbocycles. The molecule has 2 N–H and O–H groups in total. The first-order valence-corrected chi connectivity index (χ1v) is 9.19. The van der Waals surface area contributed by atoms with Gasteiger partial charge in [0, 0.05) is 37.2 Å². The number of hydrogen-bond donors (Lipinski definition) is 2. The summed E-state index contributed by atoms with van der Waals surface area (Å²) in [5.41, 5.74) is 2.21. The molecule has 2 aromatic rings. The Morgan fingerprint density at radius 3 is 2.73 bits per heavy atom. The molecule has 1 aliphatic heterocycles. The largest absolute Gasteiger partial charge is 0.504 e. The van der Waals surface area contributed by atoms with Gasteiger partial charge in [0.1, 0.15) is 0 Å². The summed E-state index contributed by atoms with van der Waals surface area (Å²) < 4.78 is 10.6. The van der Waals surface area contributed by atoms with Gasteiger partial charge in [-0.05, 0) is 35.4 Å². The van der Waals surface area contributed by atoms with Crippen LogP contribution in [0.15, 0.2) is 42.5 Å². The number of nitrogens with one attached hydrogen (secondary N) is 1. The monoisotopic (exact) mass is 376 g/mol. The maximum absolute atomic E-state index is 9.92. The number of phenolic OH excluding ortho intramolecular Hbond substituents is 1. The van der Waals surface area contributed by atoms with E-state index in [1.54, 1.807) is 19.2 Å². The lowest BCUT2D eigenvalue weighted by atomic mass is 10.0. The minimum Gasteiger partial charge on any atom is -0.504 e. The van der Waals surface area contributed by atoms with E-state index in [4.69, 9.17) is 21.1 Å². The molecular formula is C20H25ClN2O3. The van der Waals surface area contributed by atoms with Crippen molar-refractivity contribution in [2.24, 2.45) is 0 Å². The van der Waals surface area contributed by atoms with Crippen LogP contribution in [0.1, 0.15) is 17.2 Å². The fourth-order valence-corrected chi connectivity index (χ4v) is 3.46. The summed E-state index contributed by atoms with van der Waals surface area (Å²) in [4.78, 5) is 2.42. The highest BCUT2D eigenvalue weighted by molar-refractivity contribution is 6.30. The van der Waals surface area contributed by atoms with Crippen LogP contribution in [0.4, 0.5) is 0 Å². The fourth-order valence-electron chi connectivity index (χ4n) is 3.26. The van der Waals surface area contributed by atoms with Crippen molar-refractivity contribution in [3.05, 3.63) is 58.6 Å². The number of phenols is 1. The van der Waals surface area contributed by atoms with Gasteiger partial charge in [0.05, 0.1) is 20.3 Å². The van der Waals surface area contributed by atoms with E-state index in [0.717, 1.165) is 43.4 Å². The van der Waals surface area contributed by atoms with Gasteiger partial charge in [0.2, 0.25) is 0 Å². The van der Waals surface area contributed by atoms with Gasteiger partial charge in [-0.25, -0.2) is 0 Å². The van der Waals surface area contributed by atoms with Crippen molar-refractivity contribution >= 4 is 11.6 Å². The second-order valence-electron chi connectivity index (χ2n) is 6.36. The summed E-state index contributed by atoms with van der Waals surface area (Å²) in [7, 11) is 1.55. The normalized spacial score (nSPS) is 16.4. The van der Waals surface area contributed by atoms with E-state index in [-0.39, 0.29) is 11.8 Å². The Balaban J connectivity index is 1.66. The molecule has 0 amide bonds. The average molecular weight is 377 g/mol. The molecule has 26 heavy (non-hydrogen) atoms. The molecule has 1 heterocycles. The van der Waals surface area contributed by atoms with Crippen LogP contribution in [-0.2, 0) is 11.3 Å². The number of halogens is 1. The van der Waals surface area contributed by atoms with Crippen molar-refractivity contribution in [1.82, 2.24) is 10.2 Å². The third-order valence-electron chi connectivity index (χ3n) is 4.63. The average Bonchev–Trinajstić information content (AvgIpc) is 2.66. The summed E-state index contributed by atoms with van der Waals surface area (Å²) in [5.74, 6) is 0.644. The number of morpholine rings is 1. The third kappa shape index (κ3) is 4.89. The van der Waals surface area contributed by atoms with E-state index in [9.17, 15) is 5.11 Å². The van der Waals surface area contributed by atoms with Gasteiger partial charge in [-0.2, -0.15) is 0 Å². The minimum atomic E-state index is 0.159. The first-order valence-electron chi connectivity index (χ1n) is 8.81. The van der Waals surface area contributed by atoms with E-state index in [0.29, 0.717) is 12.3 Å². The number of nitrogens with zero attached hydrogens (tertiary/aromatic N) is 1. The predicted molar refractivity (Wildman–Crippen MR) is 103 cm³/mol. The highest BCUT2D eigenvalue weighted by Crippen LogP contribution is 2.27. The van der Waals surface area contributed by atoms with Gasteiger partial charge < -0.3 is 19.9 Å². The molecule has 2 aromatic carbocycles. The van der Waals surface area contributed by atoms with E-state index in [1.165, 1.54) is 5.56 Å². The van der Waals surface area contributed by atoms with E-state index in [1.807, 2.05) is 24.3 Å². The molecule has 1 fully saturated rings. The third-order valence-corrected chi connectivity index (χ3v) is 4.87. The molecule has 0 bridgehead atoms. The summed E-state index contributed by atoms with van der Waals surface area (Å²) >= 11 is 6.20. The van der Waals surface area contributed by atoms with Crippen LogP contribution in [0, 0.1) is 0 Å². The Kier molecular flexibility index (Phi) is 6.74. The van der Waals surface area contributed by atoms with Crippen molar-refractivity contribution in [1.29, 1.82) is 0 Å². The predicted octanol–water partition coefficient (Wildman–Crippen LogP) is 3.22. The first kappa shape index (κ1) is 19.0. The summed E-state index contributed by atoms with van der Waals surface area (Å²) in [6.45, 7) is 4.77. The molecule has 0 spiro atoms. The second-order valence-corrected chi connectivity index (χ2v) is 6.79. The standard InChI is InChI=1S/C20H25ClN2O3/c1-25-20-6-5-15(11-19(20)24)13-22-14-18(23-7-9-26-10-8-23)16-3-2-4-17(21)12-16/h2-6,11-12,18,22,24H,7-10,13-14H2,1H3. The van der Waals surface area contributed by atoms with Gasteiger partial charge in [0.15, 0.2) is 11.5 Å². The molecule has 0 radical (unpaired) electrons. The smallest absolute Gasteiger partial charge is 0.160 e. The molecule has 1 unspecified atom stereocenters. The Hall–Kier alpha value is -1.79.